The largest absolute Gasteiger partial charge is 0.481 e. The third kappa shape index (κ3) is 4.22. The third-order valence-electron chi connectivity index (χ3n) is 5.44. The van der Waals surface area contributed by atoms with Crippen LogP contribution in [0.2, 0.25) is 5.02 Å². The SMILES string of the molecule is Cc1c(CC(C)C(C)C(=O)O)c2cc(Cl)ccc2n1Cc1ccc(Br)cc1. The van der Waals surface area contributed by atoms with Crippen molar-refractivity contribution in [1.29, 1.82) is 0 Å². The van der Waals surface area contributed by atoms with Crippen LogP contribution in [0.25, 0.3) is 10.9 Å². The zero-order valence-electron chi connectivity index (χ0n) is 15.7. The Bertz CT molecular complexity index is 978. The van der Waals surface area contributed by atoms with Crippen molar-refractivity contribution >= 4 is 44.4 Å². The molecule has 1 heterocycles. The molecule has 0 aliphatic heterocycles. The molecule has 27 heavy (non-hydrogen) atoms. The zero-order chi connectivity index (χ0) is 19.7. The van der Waals surface area contributed by atoms with Crippen molar-refractivity contribution in [2.75, 3.05) is 0 Å². The smallest absolute Gasteiger partial charge is 0.306 e. The van der Waals surface area contributed by atoms with Crippen LogP contribution in [0.5, 0.6) is 0 Å². The van der Waals surface area contributed by atoms with Crippen molar-refractivity contribution in [2.45, 2.75) is 33.7 Å². The van der Waals surface area contributed by atoms with Gasteiger partial charge in [0.2, 0.25) is 0 Å². The van der Waals surface area contributed by atoms with Crippen molar-refractivity contribution in [3.8, 4) is 0 Å². The Balaban J connectivity index is 2.05. The molecule has 0 saturated heterocycles. The van der Waals surface area contributed by atoms with Gasteiger partial charge >= 0.3 is 5.97 Å². The molecule has 0 bridgehead atoms. The van der Waals surface area contributed by atoms with Crippen LogP contribution in [0, 0.1) is 18.8 Å². The lowest BCUT2D eigenvalue weighted by Gasteiger charge is -2.16. The Labute approximate surface area is 173 Å². The lowest BCUT2D eigenvalue weighted by atomic mass is 9.89. The maximum Gasteiger partial charge on any atom is 0.306 e. The predicted molar refractivity (Wildman–Crippen MR) is 115 cm³/mol. The van der Waals surface area contributed by atoms with Crippen LogP contribution in [0.1, 0.15) is 30.7 Å². The number of aromatic nitrogens is 1. The first-order chi connectivity index (χ1) is 12.8. The van der Waals surface area contributed by atoms with Gasteiger partial charge in [0, 0.05) is 32.6 Å². The number of nitrogens with zero attached hydrogens (tertiary/aromatic N) is 1. The van der Waals surface area contributed by atoms with Crippen molar-refractivity contribution in [1.82, 2.24) is 4.57 Å². The van der Waals surface area contributed by atoms with Crippen LogP contribution in [-0.2, 0) is 17.8 Å². The molecule has 2 aromatic carbocycles. The summed E-state index contributed by atoms with van der Waals surface area (Å²) in [6.07, 6.45) is 0.712. The molecular weight excluding hydrogens is 426 g/mol. The summed E-state index contributed by atoms with van der Waals surface area (Å²) < 4.78 is 3.35. The molecule has 0 aliphatic carbocycles. The summed E-state index contributed by atoms with van der Waals surface area (Å²) in [5.74, 6) is -1.11. The average molecular weight is 449 g/mol. The number of carboxylic acids is 1. The van der Waals surface area contributed by atoms with Gasteiger partial charge in [-0.05, 0) is 60.7 Å². The van der Waals surface area contributed by atoms with E-state index in [4.69, 9.17) is 11.6 Å². The molecule has 3 aromatic rings. The number of rotatable bonds is 6. The highest BCUT2D eigenvalue weighted by Gasteiger charge is 2.23. The standard InChI is InChI=1S/C22H23BrClNO2/c1-13(14(2)22(26)27)10-19-15(3)25(12-16-4-6-17(23)7-5-16)21-9-8-18(24)11-20(19)21/h4-9,11,13-14H,10,12H2,1-3H3,(H,26,27). The van der Waals surface area contributed by atoms with Crippen LogP contribution in [0.4, 0.5) is 0 Å². The molecule has 0 spiro atoms. The predicted octanol–water partition coefficient (Wildman–Crippen LogP) is 6.31. The summed E-state index contributed by atoms with van der Waals surface area (Å²) in [6.45, 7) is 6.65. The summed E-state index contributed by atoms with van der Waals surface area (Å²) >= 11 is 9.75. The van der Waals surface area contributed by atoms with Crippen molar-refractivity contribution in [3.63, 3.8) is 0 Å². The van der Waals surface area contributed by atoms with Crippen molar-refractivity contribution in [2.24, 2.45) is 11.8 Å². The van der Waals surface area contributed by atoms with Gasteiger partial charge in [0.15, 0.2) is 0 Å². The molecule has 0 fully saturated rings. The van der Waals surface area contributed by atoms with Gasteiger partial charge in [-0.3, -0.25) is 4.79 Å². The van der Waals surface area contributed by atoms with E-state index in [2.05, 4.69) is 45.6 Å². The van der Waals surface area contributed by atoms with Gasteiger partial charge < -0.3 is 9.67 Å². The number of halogens is 2. The van der Waals surface area contributed by atoms with E-state index >= 15 is 0 Å². The van der Waals surface area contributed by atoms with Crippen LogP contribution in [-0.4, -0.2) is 15.6 Å². The summed E-state index contributed by atoms with van der Waals surface area (Å²) in [5, 5.41) is 11.2. The van der Waals surface area contributed by atoms with E-state index in [-0.39, 0.29) is 5.92 Å². The Kier molecular flexibility index (Phi) is 5.97. The molecule has 0 amide bonds. The minimum Gasteiger partial charge on any atom is -0.481 e. The number of fused-ring (bicyclic) bond motifs is 1. The normalized spacial score (nSPS) is 13.7. The summed E-state index contributed by atoms with van der Waals surface area (Å²) in [4.78, 5) is 11.4. The first kappa shape index (κ1) is 20.0. The van der Waals surface area contributed by atoms with Crippen LogP contribution < -0.4 is 0 Å². The molecule has 3 nitrogen and oxygen atoms in total. The Morgan fingerprint density at radius 1 is 1.19 bits per heavy atom. The summed E-state index contributed by atoms with van der Waals surface area (Å²) in [5.41, 5.74) is 4.70. The van der Waals surface area contributed by atoms with Gasteiger partial charge in [-0.1, -0.05) is 53.5 Å². The van der Waals surface area contributed by atoms with E-state index in [1.165, 1.54) is 16.8 Å². The molecule has 3 rings (SSSR count). The highest BCUT2D eigenvalue weighted by atomic mass is 79.9. The first-order valence-corrected chi connectivity index (χ1v) is 10.2. The second kappa shape index (κ2) is 8.07. The fourth-order valence-electron chi connectivity index (χ4n) is 3.50. The van der Waals surface area contributed by atoms with Crippen molar-refractivity contribution < 1.29 is 9.90 Å². The van der Waals surface area contributed by atoms with E-state index in [9.17, 15) is 9.90 Å². The average Bonchev–Trinajstić information content (AvgIpc) is 2.87. The highest BCUT2D eigenvalue weighted by Crippen LogP contribution is 2.32. The van der Waals surface area contributed by atoms with Gasteiger partial charge in [0.05, 0.1) is 5.92 Å². The fraction of sp³-hybridized carbons (Fsp3) is 0.318. The van der Waals surface area contributed by atoms with Gasteiger partial charge in [0.1, 0.15) is 0 Å². The van der Waals surface area contributed by atoms with Gasteiger partial charge in [-0.2, -0.15) is 0 Å². The van der Waals surface area contributed by atoms with Gasteiger partial charge in [0.25, 0.3) is 0 Å². The summed E-state index contributed by atoms with van der Waals surface area (Å²) in [7, 11) is 0. The zero-order valence-corrected chi connectivity index (χ0v) is 18.0. The molecule has 5 heteroatoms. The van der Waals surface area contributed by atoms with E-state index < -0.39 is 11.9 Å². The molecular formula is C22H23BrClNO2. The lowest BCUT2D eigenvalue weighted by molar-refractivity contribution is -0.142. The second-order valence-electron chi connectivity index (χ2n) is 7.25. The minimum absolute atomic E-state index is 0.0342. The van der Waals surface area contributed by atoms with Crippen LogP contribution in [0.15, 0.2) is 46.9 Å². The van der Waals surface area contributed by atoms with Gasteiger partial charge in [-0.15, -0.1) is 0 Å². The fourth-order valence-corrected chi connectivity index (χ4v) is 3.94. The molecule has 2 unspecified atom stereocenters. The number of carboxylic acid groups (broad SMARTS) is 1. The molecule has 2 atom stereocenters. The first-order valence-electron chi connectivity index (χ1n) is 9.02. The molecule has 1 N–H and O–H groups in total. The molecule has 142 valence electrons. The Hall–Kier alpha value is -1.78. The number of hydrogen-bond donors (Lipinski definition) is 1. The number of hydrogen-bond acceptors (Lipinski definition) is 1. The van der Waals surface area contributed by atoms with Crippen LogP contribution >= 0.6 is 27.5 Å². The van der Waals surface area contributed by atoms with Crippen LogP contribution in [0.3, 0.4) is 0 Å². The topological polar surface area (TPSA) is 42.2 Å². The second-order valence-corrected chi connectivity index (χ2v) is 8.60. The third-order valence-corrected chi connectivity index (χ3v) is 6.20. The molecule has 1 aromatic heterocycles. The minimum atomic E-state index is -0.753. The Morgan fingerprint density at radius 3 is 2.48 bits per heavy atom. The van der Waals surface area contributed by atoms with E-state index in [1.54, 1.807) is 6.92 Å². The quantitative estimate of drug-likeness (QED) is 0.480. The number of aliphatic carboxylic acids is 1. The highest BCUT2D eigenvalue weighted by molar-refractivity contribution is 9.10. The lowest BCUT2D eigenvalue weighted by Crippen LogP contribution is -2.20. The maximum atomic E-state index is 11.4. The number of carbonyl (C=O) groups is 1. The van der Waals surface area contributed by atoms with E-state index in [0.717, 1.165) is 21.9 Å². The van der Waals surface area contributed by atoms with E-state index in [0.29, 0.717) is 11.4 Å². The monoisotopic (exact) mass is 447 g/mol. The summed E-state index contributed by atoms with van der Waals surface area (Å²) in [6, 6.07) is 14.3. The Morgan fingerprint density at radius 2 is 1.85 bits per heavy atom. The van der Waals surface area contributed by atoms with Crippen molar-refractivity contribution in [3.05, 3.63) is 68.8 Å². The van der Waals surface area contributed by atoms with E-state index in [1.807, 2.05) is 31.2 Å². The molecule has 0 aliphatic rings. The molecule has 0 radical (unpaired) electrons. The maximum absolute atomic E-state index is 11.4. The number of benzene rings is 2. The van der Waals surface area contributed by atoms with Gasteiger partial charge in [-0.25, -0.2) is 0 Å². The molecule has 0 saturated carbocycles.